The second-order valence-corrected chi connectivity index (χ2v) is 5.48. The van der Waals surface area contributed by atoms with Crippen molar-refractivity contribution < 1.29 is 17.8 Å². The summed E-state index contributed by atoms with van der Waals surface area (Å²) in [6.07, 6.45) is 0.948. The van der Waals surface area contributed by atoms with E-state index in [2.05, 4.69) is 11.9 Å². The van der Waals surface area contributed by atoms with Crippen LogP contribution in [0, 0.1) is 5.41 Å². The van der Waals surface area contributed by atoms with Crippen LogP contribution < -0.4 is 5.32 Å². The fraction of sp³-hybridized carbons (Fsp3) is 0.625. The second-order valence-electron chi connectivity index (χ2n) is 3.97. The van der Waals surface area contributed by atoms with Gasteiger partial charge >= 0.3 is 51.4 Å². The van der Waals surface area contributed by atoms with Crippen LogP contribution in [0.3, 0.4) is 0 Å². The van der Waals surface area contributed by atoms with Crippen molar-refractivity contribution in [2.24, 2.45) is 5.41 Å². The van der Waals surface area contributed by atoms with Crippen molar-refractivity contribution in [2.45, 2.75) is 26.1 Å². The van der Waals surface area contributed by atoms with Crippen LogP contribution in [0.2, 0.25) is 0 Å². The van der Waals surface area contributed by atoms with Crippen molar-refractivity contribution in [3.63, 3.8) is 0 Å². The quantitative estimate of drug-likeness (QED) is 0.422. The molecule has 0 aromatic carbocycles. The molecule has 0 bridgehead atoms. The summed E-state index contributed by atoms with van der Waals surface area (Å²) < 4.78 is 30.8. The van der Waals surface area contributed by atoms with Crippen molar-refractivity contribution in [1.29, 1.82) is 0 Å². The van der Waals surface area contributed by atoms with Gasteiger partial charge < -0.3 is 5.32 Å². The molecule has 0 aliphatic carbocycles. The first-order valence-electron chi connectivity index (χ1n) is 3.98. The van der Waals surface area contributed by atoms with Gasteiger partial charge in [0.15, 0.2) is 5.37 Å². The second kappa shape index (κ2) is 6.48. The summed E-state index contributed by atoms with van der Waals surface area (Å²) in [5.41, 5.74) is -0.785. The molecular weight excluding hydrogens is 245 g/mol. The van der Waals surface area contributed by atoms with Gasteiger partial charge in [-0.3, -0.25) is 9.35 Å². The molecule has 0 aliphatic heterocycles. The molecule has 1 unspecified atom stereocenters. The van der Waals surface area contributed by atoms with Crippen LogP contribution >= 0.6 is 0 Å². The molecule has 0 aromatic heterocycles. The Kier molecular flexibility index (Phi) is 7.83. The van der Waals surface area contributed by atoms with E-state index in [0.29, 0.717) is 0 Å². The summed E-state index contributed by atoms with van der Waals surface area (Å²) in [4.78, 5) is 10.9. The van der Waals surface area contributed by atoms with Gasteiger partial charge in [0.2, 0.25) is 5.91 Å². The standard InChI is InChI=1S/C8H15NO4S.K.H/c1-5-6(10)9-7(8(2,3)4)14(11,12)13;;/h5,7H,1H2,2-4H3,(H,9,10)(H,11,12,13);;. The van der Waals surface area contributed by atoms with Gasteiger partial charge in [0.05, 0.1) is 0 Å². The Bertz CT molecular complexity index is 331. The van der Waals surface area contributed by atoms with Crippen LogP contribution in [0.1, 0.15) is 20.8 Å². The van der Waals surface area contributed by atoms with Gasteiger partial charge in [0, 0.05) is 0 Å². The molecule has 5 nitrogen and oxygen atoms in total. The Labute approximate surface area is 133 Å². The Morgan fingerprint density at radius 2 is 1.87 bits per heavy atom. The molecule has 2 N–H and O–H groups in total. The van der Waals surface area contributed by atoms with Gasteiger partial charge in [0.1, 0.15) is 0 Å². The molecule has 1 amide bonds. The van der Waals surface area contributed by atoms with Crippen LogP contribution in [0.4, 0.5) is 0 Å². The van der Waals surface area contributed by atoms with Gasteiger partial charge in [-0.15, -0.1) is 0 Å². The monoisotopic (exact) mass is 261 g/mol. The Morgan fingerprint density at radius 1 is 1.47 bits per heavy atom. The molecule has 1 atom stereocenters. The van der Waals surface area contributed by atoms with E-state index in [-0.39, 0.29) is 51.4 Å². The van der Waals surface area contributed by atoms with E-state index < -0.39 is 26.8 Å². The van der Waals surface area contributed by atoms with E-state index in [1.54, 1.807) is 20.8 Å². The molecule has 0 saturated carbocycles. The number of amides is 1. The predicted octanol–water partition coefficient (Wildman–Crippen LogP) is -0.0999. The minimum absolute atomic E-state index is 0. The first-order valence-corrected chi connectivity index (χ1v) is 5.48. The van der Waals surface area contributed by atoms with Gasteiger partial charge in [-0.05, 0) is 11.5 Å². The zero-order chi connectivity index (χ0) is 11.6. The molecular formula is C8H16KNO4S. The summed E-state index contributed by atoms with van der Waals surface area (Å²) in [7, 11) is -4.31. The Balaban J connectivity index is 0. The van der Waals surface area contributed by atoms with E-state index >= 15 is 0 Å². The van der Waals surface area contributed by atoms with E-state index in [1.165, 1.54) is 0 Å². The van der Waals surface area contributed by atoms with E-state index in [1.807, 2.05) is 0 Å². The SMILES string of the molecule is C=CC(=O)NC(C(C)(C)C)S(=O)(=O)O.[KH]. The summed E-state index contributed by atoms with van der Waals surface area (Å²) >= 11 is 0. The molecule has 0 heterocycles. The summed E-state index contributed by atoms with van der Waals surface area (Å²) in [6, 6.07) is 0. The van der Waals surface area contributed by atoms with Crippen LogP contribution in [0.25, 0.3) is 0 Å². The third-order valence-corrected chi connectivity index (χ3v) is 2.96. The maximum atomic E-state index is 10.9. The topological polar surface area (TPSA) is 83.5 Å². The number of nitrogens with one attached hydrogen (secondary N) is 1. The minimum atomic E-state index is -4.31. The zero-order valence-electron chi connectivity index (χ0n) is 8.44. The first-order chi connectivity index (χ1) is 6.09. The predicted molar refractivity (Wildman–Crippen MR) is 60.3 cm³/mol. The van der Waals surface area contributed by atoms with Gasteiger partial charge in [-0.1, -0.05) is 27.4 Å². The maximum absolute atomic E-state index is 10.9. The van der Waals surface area contributed by atoms with Crippen LogP contribution in [-0.2, 0) is 14.9 Å². The Hall–Kier alpha value is 0.756. The van der Waals surface area contributed by atoms with Crippen molar-refractivity contribution in [2.75, 3.05) is 0 Å². The van der Waals surface area contributed by atoms with Gasteiger partial charge in [0.25, 0.3) is 10.1 Å². The fourth-order valence-corrected chi connectivity index (χ4v) is 2.08. The summed E-state index contributed by atoms with van der Waals surface area (Å²) in [6.45, 7) is 7.97. The third kappa shape index (κ3) is 6.83. The zero-order valence-corrected chi connectivity index (χ0v) is 9.26. The third-order valence-electron chi connectivity index (χ3n) is 1.54. The van der Waals surface area contributed by atoms with E-state index in [9.17, 15) is 13.2 Å². The summed E-state index contributed by atoms with van der Waals surface area (Å²) in [5.74, 6) is -0.637. The number of rotatable bonds is 3. The van der Waals surface area contributed by atoms with Crippen molar-refractivity contribution in [1.82, 2.24) is 5.32 Å². The molecule has 0 saturated heterocycles. The molecule has 0 aromatic rings. The molecule has 0 fully saturated rings. The van der Waals surface area contributed by atoms with Crippen molar-refractivity contribution in [3.8, 4) is 0 Å². The molecule has 0 rings (SSSR count). The van der Waals surface area contributed by atoms with E-state index in [0.717, 1.165) is 6.08 Å². The molecule has 15 heavy (non-hydrogen) atoms. The molecule has 0 radical (unpaired) electrons. The Morgan fingerprint density at radius 3 is 2.07 bits per heavy atom. The van der Waals surface area contributed by atoms with Gasteiger partial charge in [-0.25, -0.2) is 0 Å². The summed E-state index contributed by atoms with van der Waals surface area (Å²) in [5, 5.41) is 0.819. The molecule has 84 valence electrons. The van der Waals surface area contributed by atoms with Crippen LogP contribution in [-0.4, -0.2) is 75.6 Å². The van der Waals surface area contributed by atoms with Crippen LogP contribution in [0.5, 0.6) is 0 Å². The van der Waals surface area contributed by atoms with Crippen molar-refractivity contribution >= 4 is 67.4 Å². The number of hydrogen-bond donors (Lipinski definition) is 2. The molecule has 0 spiro atoms. The number of carbonyl (C=O) groups excluding carboxylic acids is 1. The fourth-order valence-electron chi connectivity index (χ4n) is 0.926. The number of hydrogen-bond acceptors (Lipinski definition) is 3. The normalized spacial score (nSPS) is 13.6. The average molecular weight is 261 g/mol. The van der Waals surface area contributed by atoms with Gasteiger partial charge in [-0.2, -0.15) is 8.42 Å². The first kappa shape index (κ1) is 18.1. The van der Waals surface area contributed by atoms with Crippen LogP contribution in [0.15, 0.2) is 12.7 Å². The number of carbonyl (C=O) groups is 1. The average Bonchev–Trinajstić information content (AvgIpc) is 1.95. The van der Waals surface area contributed by atoms with Crippen molar-refractivity contribution in [3.05, 3.63) is 12.7 Å². The van der Waals surface area contributed by atoms with E-state index in [4.69, 9.17) is 4.55 Å². The molecule has 7 heteroatoms. The molecule has 0 aliphatic rings.